The molecule has 0 aromatic rings. The minimum atomic E-state index is 0.567. The monoisotopic (exact) mass is 246 g/mol. The van der Waals surface area contributed by atoms with E-state index in [1.165, 1.54) is 25.3 Å². The van der Waals surface area contributed by atoms with Crippen LogP contribution >= 0.6 is 11.8 Å². The molecule has 0 heterocycles. The van der Waals surface area contributed by atoms with Crippen LogP contribution in [0.15, 0.2) is 0 Å². The van der Waals surface area contributed by atoms with Gasteiger partial charge in [0.1, 0.15) is 0 Å². The summed E-state index contributed by atoms with van der Waals surface area (Å²) in [4.78, 5) is 2.59. The van der Waals surface area contributed by atoms with Gasteiger partial charge in [-0.3, -0.25) is 4.90 Å². The zero-order valence-corrected chi connectivity index (χ0v) is 12.5. The molecule has 0 bridgehead atoms. The van der Waals surface area contributed by atoms with Crippen LogP contribution in [-0.4, -0.2) is 42.6 Å². The molecule has 98 valence electrons. The maximum atomic E-state index is 5.91. The minimum absolute atomic E-state index is 0.567. The van der Waals surface area contributed by atoms with E-state index in [0.717, 1.165) is 18.4 Å². The van der Waals surface area contributed by atoms with Crippen LogP contribution in [0, 0.1) is 11.8 Å². The molecule has 0 radical (unpaired) electrons. The van der Waals surface area contributed by atoms with Crippen molar-refractivity contribution in [2.75, 3.05) is 31.6 Å². The molecule has 0 aliphatic rings. The molecule has 2 nitrogen and oxygen atoms in total. The fourth-order valence-corrected chi connectivity index (χ4v) is 2.52. The SMILES string of the molecule is CSCCC(CN)N(CC(C)C)CC(C)C. The van der Waals surface area contributed by atoms with Gasteiger partial charge in [-0.25, -0.2) is 0 Å². The van der Waals surface area contributed by atoms with Crippen molar-refractivity contribution in [3.63, 3.8) is 0 Å². The first-order valence-electron chi connectivity index (χ1n) is 6.44. The fraction of sp³-hybridized carbons (Fsp3) is 1.00. The molecule has 0 spiro atoms. The maximum Gasteiger partial charge on any atom is 0.0226 e. The van der Waals surface area contributed by atoms with Crippen LogP contribution in [0.1, 0.15) is 34.1 Å². The van der Waals surface area contributed by atoms with Gasteiger partial charge in [0.2, 0.25) is 0 Å². The quantitative estimate of drug-likeness (QED) is 0.678. The van der Waals surface area contributed by atoms with Crippen LogP contribution in [-0.2, 0) is 0 Å². The lowest BCUT2D eigenvalue weighted by Gasteiger charge is -2.33. The highest BCUT2D eigenvalue weighted by atomic mass is 32.2. The molecular formula is C13H30N2S. The highest BCUT2D eigenvalue weighted by Gasteiger charge is 2.18. The van der Waals surface area contributed by atoms with Crippen LogP contribution < -0.4 is 5.73 Å². The Balaban J connectivity index is 4.29. The lowest BCUT2D eigenvalue weighted by molar-refractivity contribution is 0.156. The average Bonchev–Trinajstić information content (AvgIpc) is 2.16. The Hall–Kier alpha value is 0.270. The second-order valence-corrected chi connectivity index (χ2v) is 6.40. The molecule has 16 heavy (non-hydrogen) atoms. The van der Waals surface area contributed by atoms with Gasteiger partial charge in [-0.1, -0.05) is 27.7 Å². The maximum absolute atomic E-state index is 5.91. The van der Waals surface area contributed by atoms with E-state index in [1.54, 1.807) is 0 Å². The van der Waals surface area contributed by atoms with E-state index in [9.17, 15) is 0 Å². The lowest BCUT2D eigenvalue weighted by Crippen LogP contribution is -2.44. The van der Waals surface area contributed by atoms with E-state index in [1.807, 2.05) is 11.8 Å². The predicted octanol–water partition coefficient (Wildman–Crippen LogP) is 2.68. The third-order valence-corrected chi connectivity index (χ3v) is 3.29. The summed E-state index contributed by atoms with van der Waals surface area (Å²) in [5, 5.41) is 0. The summed E-state index contributed by atoms with van der Waals surface area (Å²) in [6.45, 7) is 12.3. The lowest BCUT2D eigenvalue weighted by atomic mass is 10.1. The second kappa shape index (κ2) is 9.32. The number of nitrogens with two attached hydrogens (primary N) is 1. The normalized spacial score (nSPS) is 14.1. The topological polar surface area (TPSA) is 29.3 Å². The fourth-order valence-electron chi connectivity index (χ4n) is 2.01. The van der Waals surface area contributed by atoms with Crippen LogP contribution in [0.5, 0.6) is 0 Å². The zero-order chi connectivity index (χ0) is 12.6. The molecule has 3 heteroatoms. The Bertz CT molecular complexity index is 150. The van der Waals surface area contributed by atoms with Gasteiger partial charge in [0.05, 0.1) is 0 Å². The number of hydrogen-bond donors (Lipinski definition) is 1. The van der Waals surface area contributed by atoms with Crippen LogP contribution in [0.25, 0.3) is 0 Å². The molecule has 0 saturated carbocycles. The second-order valence-electron chi connectivity index (χ2n) is 5.41. The first kappa shape index (κ1) is 16.3. The van der Waals surface area contributed by atoms with Crippen molar-refractivity contribution in [2.24, 2.45) is 17.6 Å². The summed E-state index contributed by atoms with van der Waals surface area (Å²) in [5.74, 6) is 2.67. The molecule has 0 saturated heterocycles. The minimum Gasteiger partial charge on any atom is -0.329 e. The summed E-state index contributed by atoms with van der Waals surface area (Å²) in [6, 6.07) is 0.567. The third-order valence-electron chi connectivity index (χ3n) is 2.64. The summed E-state index contributed by atoms with van der Waals surface area (Å²) < 4.78 is 0. The first-order valence-corrected chi connectivity index (χ1v) is 7.83. The van der Waals surface area contributed by atoms with Crippen molar-refractivity contribution in [2.45, 2.75) is 40.2 Å². The molecule has 0 aliphatic carbocycles. The molecular weight excluding hydrogens is 216 g/mol. The van der Waals surface area contributed by atoms with Gasteiger partial charge < -0.3 is 5.73 Å². The standard InChI is InChI=1S/C13H30N2S/c1-11(2)9-15(10-12(3)4)13(8-14)6-7-16-5/h11-13H,6-10,14H2,1-5H3. The van der Waals surface area contributed by atoms with E-state index in [2.05, 4.69) is 38.9 Å². The Morgan fingerprint density at radius 1 is 1.06 bits per heavy atom. The number of nitrogens with zero attached hydrogens (tertiary/aromatic N) is 1. The molecule has 0 amide bonds. The summed E-state index contributed by atoms with van der Waals surface area (Å²) in [5.41, 5.74) is 5.91. The largest absolute Gasteiger partial charge is 0.329 e. The number of thioether (sulfide) groups is 1. The molecule has 1 atom stereocenters. The van der Waals surface area contributed by atoms with E-state index < -0.39 is 0 Å². The zero-order valence-electron chi connectivity index (χ0n) is 11.7. The van der Waals surface area contributed by atoms with Crippen molar-refractivity contribution in [3.8, 4) is 0 Å². The van der Waals surface area contributed by atoms with Crippen LogP contribution in [0.2, 0.25) is 0 Å². The Labute approximate surface area is 106 Å². The number of hydrogen-bond acceptors (Lipinski definition) is 3. The highest BCUT2D eigenvalue weighted by molar-refractivity contribution is 7.98. The van der Waals surface area contributed by atoms with Gasteiger partial charge in [-0.05, 0) is 30.3 Å². The first-order chi connectivity index (χ1) is 7.51. The van der Waals surface area contributed by atoms with E-state index in [-0.39, 0.29) is 0 Å². The van der Waals surface area contributed by atoms with Crippen molar-refractivity contribution in [3.05, 3.63) is 0 Å². The van der Waals surface area contributed by atoms with E-state index in [0.29, 0.717) is 6.04 Å². The average molecular weight is 246 g/mol. The Kier molecular flexibility index (Phi) is 9.47. The van der Waals surface area contributed by atoms with Crippen molar-refractivity contribution >= 4 is 11.8 Å². The highest BCUT2D eigenvalue weighted by Crippen LogP contribution is 2.12. The van der Waals surface area contributed by atoms with Crippen molar-refractivity contribution in [1.29, 1.82) is 0 Å². The van der Waals surface area contributed by atoms with Gasteiger partial charge in [0.15, 0.2) is 0 Å². The molecule has 0 aliphatic heterocycles. The smallest absolute Gasteiger partial charge is 0.0226 e. The van der Waals surface area contributed by atoms with Crippen molar-refractivity contribution < 1.29 is 0 Å². The van der Waals surface area contributed by atoms with Crippen LogP contribution in [0.3, 0.4) is 0 Å². The number of rotatable bonds is 9. The Morgan fingerprint density at radius 3 is 1.88 bits per heavy atom. The molecule has 0 fully saturated rings. The van der Waals surface area contributed by atoms with Crippen LogP contribution in [0.4, 0.5) is 0 Å². The third kappa shape index (κ3) is 7.53. The van der Waals surface area contributed by atoms with Crippen molar-refractivity contribution in [1.82, 2.24) is 4.90 Å². The Morgan fingerprint density at radius 2 is 1.56 bits per heavy atom. The van der Waals surface area contributed by atoms with Gasteiger partial charge in [-0.2, -0.15) is 11.8 Å². The van der Waals surface area contributed by atoms with Gasteiger partial charge in [0, 0.05) is 25.7 Å². The molecule has 2 N–H and O–H groups in total. The summed E-state index contributed by atoms with van der Waals surface area (Å²) in [7, 11) is 0. The molecule has 1 unspecified atom stereocenters. The van der Waals surface area contributed by atoms with E-state index in [4.69, 9.17) is 5.73 Å². The predicted molar refractivity (Wildman–Crippen MR) is 77.1 cm³/mol. The van der Waals surface area contributed by atoms with Gasteiger partial charge in [0.25, 0.3) is 0 Å². The molecule has 0 aromatic heterocycles. The summed E-state index contributed by atoms with van der Waals surface area (Å²) in [6.07, 6.45) is 3.39. The van der Waals surface area contributed by atoms with E-state index >= 15 is 0 Å². The molecule has 0 aromatic carbocycles. The van der Waals surface area contributed by atoms with Gasteiger partial charge >= 0.3 is 0 Å². The molecule has 0 rings (SSSR count). The summed E-state index contributed by atoms with van der Waals surface area (Å²) >= 11 is 1.92. The van der Waals surface area contributed by atoms with Gasteiger partial charge in [-0.15, -0.1) is 0 Å².